The molecular weight excluding hydrogens is 204 g/mol. The predicted octanol–water partition coefficient (Wildman–Crippen LogP) is 3.65. The van der Waals surface area contributed by atoms with E-state index >= 15 is 0 Å². The molecule has 0 aliphatic heterocycles. The van der Waals surface area contributed by atoms with Gasteiger partial charge < -0.3 is 5.11 Å². The lowest BCUT2D eigenvalue weighted by atomic mass is 9.82. The van der Waals surface area contributed by atoms with E-state index in [0.717, 1.165) is 19.3 Å². The molecule has 1 heterocycles. The van der Waals surface area contributed by atoms with Crippen molar-refractivity contribution in [2.75, 3.05) is 0 Å². The smallest absolute Gasteiger partial charge is 0.0639 e. The standard InChI is InChI=1S/C13H22OS/c1-5-10-7-8-11(15-10)9-12(14)13(3,4)6-2/h7-8,12,14H,5-6,9H2,1-4H3. The van der Waals surface area contributed by atoms with Crippen molar-refractivity contribution < 1.29 is 5.11 Å². The van der Waals surface area contributed by atoms with E-state index in [1.54, 1.807) is 0 Å². The summed E-state index contributed by atoms with van der Waals surface area (Å²) in [7, 11) is 0. The maximum Gasteiger partial charge on any atom is 0.0639 e. The molecule has 2 heteroatoms. The number of hydrogen-bond acceptors (Lipinski definition) is 2. The van der Waals surface area contributed by atoms with Crippen LogP contribution in [0.1, 0.15) is 43.9 Å². The van der Waals surface area contributed by atoms with Crippen molar-refractivity contribution in [1.29, 1.82) is 0 Å². The van der Waals surface area contributed by atoms with E-state index in [9.17, 15) is 5.11 Å². The van der Waals surface area contributed by atoms with Crippen LogP contribution in [0.3, 0.4) is 0 Å². The van der Waals surface area contributed by atoms with Crippen molar-refractivity contribution in [3.8, 4) is 0 Å². The third kappa shape index (κ3) is 3.32. The minimum Gasteiger partial charge on any atom is -0.392 e. The summed E-state index contributed by atoms with van der Waals surface area (Å²) >= 11 is 1.83. The highest BCUT2D eigenvalue weighted by Crippen LogP contribution is 2.29. The molecule has 0 aliphatic rings. The van der Waals surface area contributed by atoms with Gasteiger partial charge in [-0.2, -0.15) is 0 Å². The van der Waals surface area contributed by atoms with Crippen LogP contribution in [-0.2, 0) is 12.8 Å². The monoisotopic (exact) mass is 226 g/mol. The highest BCUT2D eigenvalue weighted by Gasteiger charge is 2.26. The first kappa shape index (κ1) is 12.7. The normalized spacial score (nSPS) is 14.2. The first-order chi connectivity index (χ1) is 6.99. The highest BCUT2D eigenvalue weighted by molar-refractivity contribution is 7.11. The van der Waals surface area contributed by atoms with Gasteiger partial charge >= 0.3 is 0 Å². The molecule has 1 atom stereocenters. The van der Waals surface area contributed by atoms with Crippen molar-refractivity contribution in [2.24, 2.45) is 5.41 Å². The first-order valence-electron chi connectivity index (χ1n) is 5.75. The summed E-state index contributed by atoms with van der Waals surface area (Å²) in [4.78, 5) is 2.72. The molecule has 1 unspecified atom stereocenters. The Hall–Kier alpha value is -0.340. The Morgan fingerprint density at radius 1 is 1.27 bits per heavy atom. The molecular formula is C13H22OS. The van der Waals surface area contributed by atoms with Gasteiger partial charge in [-0.1, -0.05) is 27.7 Å². The summed E-state index contributed by atoms with van der Waals surface area (Å²) < 4.78 is 0. The topological polar surface area (TPSA) is 20.2 Å². The van der Waals surface area contributed by atoms with Crippen LogP contribution >= 0.6 is 11.3 Å². The van der Waals surface area contributed by atoms with Gasteiger partial charge in [0.2, 0.25) is 0 Å². The van der Waals surface area contributed by atoms with E-state index in [-0.39, 0.29) is 11.5 Å². The lowest BCUT2D eigenvalue weighted by Crippen LogP contribution is -2.30. The Balaban J connectivity index is 2.61. The van der Waals surface area contributed by atoms with E-state index in [1.165, 1.54) is 9.75 Å². The van der Waals surface area contributed by atoms with Gasteiger partial charge in [0, 0.05) is 16.2 Å². The van der Waals surface area contributed by atoms with Crippen LogP contribution in [0.15, 0.2) is 12.1 Å². The van der Waals surface area contributed by atoms with Gasteiger partial charge in [-0.05, 0) is 30.4 Å². The van der Waals surface area contributed by atoms with Crippen molar-refractivity contribution in [3.05, 3.63) is 21.9 Å². The zero-order valence-corrected chi connectivity index (χ0v) is 11.0. The predicted molar refractivity (Wildman–Crippen MR) is 67.5 cm³/mol. The Bertz CT molecular complexity index is 301. The maximum atomic E-state index is 10.1. The van der Waals surface area contributed by atoms with Crippen LogP contribution in [0.5, 0.6) is 0 Å². The van der Waals surface area contributed by atoms with Crippen molar-refractivity contribution >= 4 is 11.3 Å². The van der Waals surface area contributed by atoms with E-state index in [1.807, 2.05) is 11.3 Å². The molecule has 0 radical (unpaired) electrons. The van der Waals surface area contributed by atoms with Gasteiger partial charge in [0.15, 0.2) is 0 Å². The fourth-order valence-electron chi connectivity index (χ4n) is 1.42. The van der Waals surface area contributed by atoms with Crippen LogP contribution in [0, 0.1) is 5.41 Å². The summed E-state index contributed by atoms with van der Waals surface area (Å²) in [5, 5.41) is 10.1. The van der Waals surface area contributed by atoms with E-state index in [4.69, 9.17) is 0 Å². The third-order valence-corrected chi connectivity index (χ3v) is 4.53. The second-order valence-electron chi connectivity index (χ2n) is 4.78. The van der Waals surface area contributed by atoms with Crippen LogP contribution in [0.2, 0.25) is 0 Å². The van der Waals surface area contributed by atoms with Crippen molar-refractivity contribution in [3.63, 3.8) is 0 Å². The largest absolute Gasteiger partial charge is 0.392 e. The molecule has 0 spiro atoms. The van der Waals surface area contributed by atoms with E-state index in [2.05, 4.69) is 39.8 Å². The number of rotatable bonds is 5. The zero-order chi connectivity index (χ0) is 11.5. The van der Waals surface area contributed by atoms with Gasteiger partial charge in [-0.25, -0.2) is 0 Å². The summed E-state index contributed by atoms with van der Waals surface area (Å²) in [5.74, 6) is 0. The summed E-state index contributed by atoms with van der Waals surface area (Å²) in [6, 6.07) is 4.32. The molecule has 86 valence electrons. The Kier molecular flexibility index (Phi) is 4.35. The number of aryl methyl sites for hydroxylation is 1. The van der Waals surface area contributed by atoms with Gasteiger partial charge in [0.1, 0.15) is 0 Å². The summed E-state index contributed by atoms with van der Waals surface area (Å²) in [5.41, 5.74) is 0.0242. The molecule has 0 bridgehead atoms. The Labute approximate surface area is 97.2 Å². The number of aliphatic hydroxyl groups excluding tert-OH is 1. The molecule has 1 N–H and O–H groups in total. The van der Waals surface area contributed by atoms with E-state index < -0.39 is 0 Å². The van der Waals surface area contributed by atoms with Gasteiger partial charge in [0.05, 0.1) is 6.10 Å². The Morgan fingerprint density at radius 2 is 1.87 bits per heavy atom. The zero-order valence-electron chi connectivity index (χ0n) is 10.2. The number of thiophene rings is 1. The SMILES string of the molecule is CCc1ccc(CC(O)C(C)(C)CC)s1. The number of aliphatic hydroxyl groups is 1. The molecule has 1 aromatic rings. The minimum atomic E-state index is -0.231. The third-order valence-electron chi connectivity index (χ3n) is 3.27. The quantitative estimate of drug-likeness (QED) is 0.812. The van der Waals surface area contributed by atoms with Crippen LogP contribution in [0.25, 0.3) is 0 Å². The average Bonchev–Trinajstić information content (AvgIpc) is 2.65. The fourth-order valence-corrected chi connectivity index (χ4v) is 2.42. The van der Waals surface area contributed by atoms with Gasteiger partial charge in [-0.15, -0.1) is 11.3 Å². The van der Waals surface area contributed by atoms with Crippen LogP contribution in [0.4, 0.5) is 0 Å². The lowest BCUT2D eigenvalue weighted by molar-refractivity contribution is 0.0486. The molecule has 0 saturated carbocycles. The van der Waals surface area contributed by atoms with Crippen LogP contribution < -0.4 is 0 Å². The van der Waals surface area contributed by atoms with Crippen molar-refractivity contribution in [2.45, 2.75) is 53.1 Å². The molecule has 0 saturated heterocycles. The molecule has 0 aromatic carbocycles. The summed E-state index contributed by atoms with van der Waals surface area (Å²) in [6.07, 6.45) is 2.68. The van der Waals surface area contributed by atoms with Crippen molar-refractivity contribution in [1.82, 2.24) is 0 Å². The van der Waals surface area contributed by atoms with E-state index in [0.29, 0.717) is 0 Å². The molecule has 0 aliphatic carbocycles. The fraction of sp³-hybridized carbons (Fsp3) is 0.692. The lowest BCUT2D eigenvalue weighted by Gasteiger charge is -2.28. The maximum absolute atomic E-state index is 10.1. The second kappa shape index (κ2) is 5.13. The van der Waals surface area contributed by atoms with Crippen LogP contribution in [-0.4, -0.2) is 11.2 Å². The average molecular weight is 226 g/mol. The number of hydrogen-bond donors (Lipinski definition) is 1. The van der Waals surface area contributed by atoms with Gasteiger partial charge in [0.25, 0.3) is 0 Å². The molecule has 1 nitrogen and oxygen atoms in total. The molecule has 1 aromatic heterocycles. The minimum absolute atomic E-state index is 0.0242. The summed E-state index contributed by atoms with van der Waals surface area (Å²) in [6.45, 7) is 8.56. The Morgan fingerprint density at radius 3 is 2.33 bits per heavy atom. The molecule has 15 heavy (non-hydrogen) atoms. The first-order valence-corrected chi connectivity index (χ1v) is 6.57. The van der Waals surface area contributed by atoms with Gasteiger partial charge in [-0.3, -0.25) is 0 Å². The molecule has 0 fully saturated rings. The second-order valence-corrected chi connectivity index (χ2v) is 6.04. The highest BCUT2D eigenvalue weighted by atomic mass is 32.1. The molecule has 1 rings (SSSR count). The molecule has 0 amide bonds.